The van der Waals surface area contributed by atoms with Gasteiger partial charge in [-0.25, -0.2) is 0 Å². The van der Waals surface area contributed by atoms with Gasteiger partial charge in [-0.3, -0.25) is 4.99 Å². The average molecular weight is 269 g/mol. The van der Waals surface area contributed by atoms with Crippen LogP contribution in [0, 0.1) is 0 Å². The third kappa shape index (κ3) is 8.87. The Bertz CT molecular complexity index is 236. The van der Waals surface area contributed by atoms with Gasteiger partial charge in [0.1, 0.15) is 0 Å². The third-order valence-corrected chi connectivity index (χ3v) is 3.58. The van der Waals surface area contributed by atoms with Gasteiger partial charge in [0.2, 0.25) is 0 Å². The van der Waals surface area contributed by atoms with E-state index in [2.05, 4.69) is 17.2 Å². The summed E-state index contributed by atoms with van der Waals surface area (Å²) < 4.78 is 5.49. The molecule has 0 saturated heterocycles. The van der Waals surface area contributed by atoms with Gasteiger partial charge in [0.05, 0.1) is 0 Å². The van der Waals surface area contributed by atoms with Crippen LogP contribution in [-0.2, 0) is 4.74 Å². The second kappa shape index (κ2) is 11.1. The van der Waals surface area contributed by atoms with E-state index in [-0.39, 0.29) is 0 Å². The molecule has 0 unspecified atom stereocenters. The van der Waals surface area contributed by atoms with E-state index in [4.69, 9.17) is 10.5 Å². The largest absolute Gasteiger partial charge is 0.381 e. The number of nitrogens with two attached hydrogens (primary N) is 1. The van der Waals surface area contributed by atoms with E-state index in [9.17, 15) is 0 Å². The molecule has 4 nitrogen and oxygen atoms in total. The number of nitrogens with zero attached hydrogens (tertiary/aromatic N) is 1. The number of hydrogen-bond donors (Lipinski definition) is 2. The van der Waals surface area contributed by atoms with Crippen LogP contribution in [0.2, 0.25) is 0 Å². The molecule has 0 aromatic heterocycles. The molecule has 0 bridgehead atoms. The molecule has 1 aliphatic rings. The van der Waals surface area contributed by atoms with Crippen molar-refractivity contribution in [1.82, 2.24) is 5.32 Å². The van der Waals surface area contributed by atoms with Crippen LogP contribution >= 0.6 is 0 Å². The van der Waals surface area contributed by atoms with Gasteiger partial charge in [-0.1, -0.05) is 39.0 Å². The molecule has 19 heavy (non-hydrogen) atoms. The Morgan fingerprint density at radius 1 is 1.16 bits per heavy atom. The lowest BCUT2D eigenvalue weighted by Crippen LogP contribution is -2.39. The standard InChI is InChI=1S/C15H31N3O/c1-2-3-12-19-13-8-11-17-15(16)18-14-9-6-4-5-7-10-14/h14H,2-13H2,1H3,(H3,16,17,18). The van der Waals surface area contributed by atoms with E-state index in [1.165, 1.54) is 44.9 Å². The van der Waals surface area contributed by atoms with Crippen LogP contribution in [0.3, 0.4) is 0 Å². The number of aliphatic imine (C=N–C) groups is 1. The van der Waals surface area contributed by atoms with Crippen molar-refractivity contribution in [3.05, 3.63) is 0 Å². The highest BCUT2D eigenvalue weighted by molar-refractivity contribution is 5.78. The number of unbranched alkanes of at least 4 members (excludes halogenated alkanes) is 1. The minimum Gasteiger partial charge on any atom is -0.381 e. The molecule has 0 aliphatic heterocycles. The van der Waals surface area contributed by atoms with E-state index in [1.54, 1.807) is 0 Å². The lowest BCUT2D eigenvalue weighted by molar-refractivity contribution is 0.130. The molecule has 0 spiro atoms. The number of rotatable bonds is 8. The molecule has 0 heterocycles. The van der Waals surface area contributed by atoms with Crippen LogP contribution in [-0.4, -0.2) is 31.8 Å². The van der Waals surface area contributed by atoms with Crippen molar-refractivity contribution in [2.24, 2.45) is 10.7 Å². The Morgan fingerprint density at radius 2 is 1.84 bits per heavy atom. The van der Waals surface area contributed by atoms with Gasteiger partial charge in [-0.15, -0.1) is 0 Å². The van der Waals surface area contributed by atoms with E-state index in [0.717, 1.165) is 32.6 Å². The zero-order valence-electron chi connectivity index (χ0n) is 12.5. The van der Waals surface area contributed by atoms with Gasteiger partial charge in [-0.2, -0.15) is 0 Å². The molecular formula is C15H31N3O. The smallest absolute Gasteiger partial charge is 0.188 e. The maximum Gasteiger partial charge on any atom is 0.188 e. The van der Waals surface area contributed by atoms with Gasteiger partial charge < -0.3 is 15.8 Å². The molecule has 0 amide bonds. The first-order valence-electron chi connectivity index (χ1n) is 7.97. The zero-order chi connectivity index (χ0) is 13.8. The maximum atomic E-state index is 5.92. The van der Waals surface area contributed by atoms with Crippen molar-refractivity contribution in [2.75, 3.05) is 19.8 Å². The monoisotopic (exact) mass is 269 g/mol. The predicted molar refractivity (Wildman–Crippen MR) is 81.5 cm³/mol. The molecule has 1 rings (SSSR count). The highest BCUT2D eigenvalue weighted by Gasteiger charge is 2.11. The Labute approximate surface area is 118 Å². The van der Waals surface area contributed by atoms with Crippen LogP contribution in [0.15, 0.2) is 4.99 Å². The van der Waals surface area contributed by atoms with Crippen LogP contribution in [0.1, 0.15) is 64.7 Å². The van der Waals surface area contributed by atoms with Crippen LogP contribution < -0.4 is 11.1 Å². The first-order chi connectivity index (χ1) is 9.33. The van der Waals surface area contributed by atoms with Crippen LogP contribution in [0.4, 0.5) is 0 Å². The second-order valence-electron chi connectivity index (χ2n) is 5.42. The summed E-state index contributed by atoms with van der Waals surface area (Å²) in [4.78, 5) is 4.37. The first-order valence-corrected chi connectivity index (χ1v) is 7.97. The topological polar surface area (TPSA) is 59.6 Å². The Kier molecular flexibility index (Phi) is 9.51. The third-order valence-electron chi connectivity index (χ3n) is 3.58. The van der Waals surface area contributed by atoms with Gasteiger partial charge in [0.15, 0.2) is 5.96 Å². The molecule has 0 aromatic carbocycles. The van der Waals surface area contributed by atoms with Crippen molar-refractivity contribution in [3.8, 4) is 0 Å². The van der Waals surface area contributed by atoms with Crippen LogP contribution in [0.5, 0.6) is 0 Å². The predicted octanol–water partition coefficient (Wildman–Crippen LogP) is 2.82. The Balaban J connectivity index is 2.04. The number of ether oxygens (including phenoxy) is 1. The maximum absolute atomic E-state index is 5.92. The summed E-state index contributed by atoms with van der Waals surface area (Å²) in [5.41, 5.74) is 5.92. The minimum atomic E-state index is 0.534. The van der Waals surface area contributed by atoms with E-state index in [0.29, 0.717) is 12.0 Å². The van der Waals surface area contributed by atoms with E-state index in [1.807, 2.05) is 0 Å². The van der Waals surface area contributed by atoms with Crippen molar-refractivity contribution in [2.45, 2.75) is 70.8 Å². The molecule has 0 atom stereocenters. The van der Waals surface area contributed by atoms with Gasteiger partial charge in [0.25, 0.3) is 0 Å². The second-order valence-corrected chi connectivity index (χ2v) is 5.42. The van der Waals surface area contributed by atoms with E-state index >= 15 is 0 Å². The molecule has 0 radical (unpaired) electrons. The molecule has 112 valence electrons. The number of guanidine groups is 1. The lowest BCUT2D eigenvalue weighted by Gasteiger charge is -2.16. The van der Waals surface area contributed by atoms with E-state index < -0.39 is 0 Å². The van der Waals surface area contributed by atoms with Gasteiger partial charge in [0, 0.05) is 25.8 Å². The normalized spacial score (nSPS) is 18.3. The van der Waals surface area contributed by atoms with Crippen molar-refractivity contribution < 1.29 is 4.74 Å². The number of nitrogens with one attached hydrogen (secondary N) is 1. The fraction of sp³-hybridized carbons (Fsp3) is 0.933. The summed E-state index contributed by atoms with van der Waals surface area (Å²) in [5, 5.41) is 3.36. The van der Waals surface area contributed by atoms with Crippen LogP contribution in [0.25, 0.3) is 0 Å². The zero-order valence-corrected chi connectivity index (χ0v) is 12.5. The Hall–Kier alpha value is -0.770. The summed E-state index contributed by atoms with van der Waals surface area (Å²) >= 11 is 0. The highest BCUT2D eigenvalue weighted by atomic mass is 16.5. The molecule has 3 N–H and O–H groups in total. The number of hydrogen-bond acceptors (Lipinski definition) is 2. The highest BCUT2D eigenvalue weighted by Crippen LogP contribution is 2.16. The molecule has 1 fully saturated rings. The van der Waals surface area contributed by atoms with Crippen molar-refractivity contribution >= 4 is 5.96 Å². The quantitative estimate of drug-likeness (QED) is 0.308. The Morgan fingerprint density at radius 3 is 2.53 bits per heavy atom. The van der Waals surface area contributed by atoms with Gasteiger partial charge in [-0.05, 0) is 25.7 Å². The fourth-order valence-electron chi connectivity index (χ4n) is 2.39. The van der Waals surface area contributed by atoms with Crippen molar-refractivity contribution in [3.63, 3.8) is 0 Å². The molecule has 1 saturated carbocycles. The fourth-order valence-corrected chi connectivity index (χ4v) is 2.39. The SMILES string of the molecule is CCCCOCCCN=C(N)NC1CCCCCC1. The molecule has 1 aliphatic carbocycles. The van der Waals surface area contributed by atoms with Crippen molar-refractivity contribution in [1.29, 1.82) is 0 Å². The molecule has 4 heteroatoms. The summed E-state index contributed by atoms with van der Waals surface area (Å²) in [5.74, 6) is 0.612. The summed E-state index contributed by atoms with van der Waals surface area (Å²) in [6, 6.07) is 0.534. The summed E-state index contributed by atoms with van der Waals surface area (Å²) in [6.07, 6.45) is 11.1. The lowest BCUT2D eigenvalue weighted by atomic mass is 10.1. The minimum absolute atomic E-state index is 0.534. The summed E-state index contributed by atoms with van der Waals surface area (Å²) in [6.45, 7) is 4.60. The average Bonchev–Trinajstić information content (AvgIpc) is 2.66. The summed E-state index contributed by atoms with van der Waals surface area (Å²) in [7, 11) is 0. The first kappa shape index (κ1) is 16.3. The molecular weight excluding hydrogens is 238 g/mol. The van der Waals surface area contributed by atoms with Gasteiger partial charge >= 0.3 is 0 Å². The molecule has 0 aromatic rings.